The normalized spacial score (nSPS) is 12.8. The van der Waals surface area contributed by atoms with Crippen LogP contribution in [-0.2, 0) is 0 Å². The van der Waals surface area contributed by atoms with Gasteiger partial charge in [0.15, 0.2) is 0 Å². The van der Waals surface area contributed by atoms with Gasteiger partial charge in [-0.15, -0.1) is 0 Å². The smallest absolute Gasteiger partial charge is 0.127 e. The number of rotatable bonds is 8. The van der Waals surface area contributed by atoms with Crippen LogP contribution in [-0.4, -0.2) is 30.4 Å². The molecule has 2 aromatic rings. The van der Waals surface area contributed by atoms with Crippen LogP contribution < -0.4 is 10.1 Å². The minimum absolute atomic E-state index is 0.307. The fraction of sp³-hybridized carbons (Fsp3) is 0.444. The molecule has 114 valence electrons. The SMILES string of the molecule is CCC(CC)NC[C@H](O)COc1cccc2ccccc12. The molecule has 21 heavy (non-hydrogen) atoms. The van der Waals surface area contributed by atoms with E-state index in [0.29, 0.717) is 19.2 Å². The highest BCUT2D eigenvalue weighted by Gasteiger charge is 2.09. The lowest BCUT2D eigenvalue weighted by molar-refractivity contribution is 0.104. The third-order valence-electron chi connectivity index (χ3n) is 3.81. The lowest BCUT2D eigenvalue weighted by Crippen LogP contribution is -2.37. The van der Waals surface area contributed by atoms with Crippen LogP contribution in [0.25, 0.3) is 10.8 Å². The van der Waals surface area contributed by atoms with Crippen molar-refractivity contribution in [1.29, 1.82) is 0 Å². The fourth-order valence-electron chi connectivity index (χ4n) is 2.45. The van der Waals surface area contributed by atoms with E-state index >= 15 is 0 Å². The summed E-state index contributed by atoms with van der Waals surface area (Å²) in [5, 5.41) is 15.6. The van der Waals surface area contributed by atoms with Crippen LogP contribution in [0.2, 0.25) is 0 Å². The predicted octanol–water partition coefficient (Wildman–Crippen LogP) is 3.36. The van der Waals surface area contributed by atoms with Crippen molar-refractivity contribution in [1.82, 2.24) is 5.32 Å². The van der Waals surface area contributed by atoms with Gasteiger partial charge in [0.05, 0.1) is 0 Å². The van der Waals surface area contributed by atoms with E-state index in [-0.39, 0.29) is 0 Å². The molecule has 1 atom stereocenters. The molecule has 0 saturated heterocycles. The van der Waals surface area contributed by atoms with Gasteiger partial charge in [0.25, 0.3) is 0 Å². The van der Waals surface area contributed by atoms with Crippen molar-refractivity contribution in [3.05, 3.63) is 42.5 Å². The Hall–Kier alpha value is -1.58. The van der Waals surface area contributed by atoms with E-state index in [1.165, 1.54) is 0 Å². The summed E-state index contributed by atoms with van der Waals surface area (Å²) >= 11 is 0. The number of aliphatic hydroxyl groups is 1. The molecule has 0 aromatic heterocycles. The largest absolute Gasteiger partial charge is 0.490 e. The van der Waals surface area contributed by atoms with Crippen LogP contribution in [0.4, 0.5) is 0 Å². The molecule has 0 heterocycles. The van der Waals surface area contributed by atoms with Gasteiger partial charge in [0.1, 0.15) is 18.5 Å². The first-order valence-corrected chi connectivity index (χ1v) is 7.76. The van der Waals surface area contributed by atoms with E-state index in [0.717, 1.165) is 29.4 Å². The van der Waals surface area contributed by atoms with E-state index < -0.39 is 6.10 Å². The van der Waals surface area contributed by atoms with Gasteiger partial charge < -0.3 is 15.2 Å². The van der Waals surface area contributed by atoms with Crippen molar-refractivity contribution >= 4 is 10.8 Å². The highest BCUT2D eigenvalue weighted by atomic mass is 16.5. The zero-order chi connectivity index (χ0) is 15.1. The van der Waals surface area contributed by atoms with Crippen molar-refractivity contribution in [2.75, 3.05) is 13.2 Å². The van der Waals surface area contributed by atoms with Gasteiger partial charge in [-0.05, 0) is 24.3 Å². The first-order chi connectivity index (χ1) is 10.2. The molecule has 2 aromatic carbocycles. The quantitative estimate of drug-likeness (QED) is 0.782. The van der Waals surface area contributed by atoms with E-state index in [1.54, 1.807) is 0 Å². The molecule has 0 saturated carbocycles. The molecule has 3 heteroatoms. The van der Waals surface area contributed by atoms with Gasteiger partial charge in [0, 0.05) is 18.0 Å². The molecule has 3 nitrogen and oxygen atoms in total. The molecule has 0 aliphatic heterocycles. The number of hydrogen-bond acceptors (Lipinski definition) is 3. The van der Waals surface area contributed by atoms with E-state index in [4.69, 9.17) is 4.74 Å². The van der Waals surface area contributed by atoms with Crippen molar-refractivity contribution < 1.29 is 9.84 Å². The standard InChI is InChI=1S/C18H25NO2/c1-3-15(4-2)19-12-16(20)13-21-18-11-7-9-14-8-5-6-10-17(14)18/h5-11,15-16,19-20H,3-4,12-13H2,1-2H3/t16-/m0/s1. The molecule has 0 spiro atoms. The maximum atomic E-state index is 10.0. The molecule has 0 aliphatic carbocycles. The van der Waals surface area contributed by atoms with Crippen LogP contribution in [0.1, 0.15) is 26.7 Å². The molecule has 0 unspecified atom stereocenters. The Kier molecular flexibility index (Phi) is 6.03. The van der Waals surface area contributed by atoms with Gasteiger partial charge in [-0.3, -0.25) is 0 Å². The van der Waals surface area contributed by atoms with Crippen molar-refractivity contribution in [2.24, 2.45) is 0 Å². The number of nitrogens with one attached hydrogen (secondary N) is 1. The molecular formula is C18H25NO2. The minimum atomic E-state index is -0.496. The lowest BCUT2D eigenvalue weighted by atomic mass is 10.1. The van der Waals surface area contributed by atoms with Crippen molar-refractivity contribution in [3.8, 4) is 5.75 Å². The summed E-state index contributed by atoms with van der Waals surface area (Å²) in [5.41, 5.74) is 0. The Bertz CT molecular complexity index is 546. The topological polar surface area (TPSA) is 41.5 Å². The molecule has 0 fully saturated rings. The minimum Gasteiger partial charge on any atom is -0.490 e. The van der Waals surface area contributed by atoms with Gasteiger partial charge >= 0.3 is 0 Å². The number of benzene rings is 2. The van der Waals surface area contributed by atoms with E-state index in [2.05, 4.69) is 31.3 Å². The molecule has 0 radical (unpaired) electrons. The maximum Gasteiger partial charge on any atom is 0.127 e. The second kappa shape index (κ2) is 8.01. The number of aliphatic hydroxyl groups excluding tert-OH is 1. The number of hydrogen-bond donors (Lipinski definition) is 2. The summed E-state index contributed by atoms with van der Waals surface area (Å²) in [6, 6.07) is 14.6. The third kappa shape index (κ3) is 4.45. The summed E-state index contributed by atoms with van der Waals surface area (Å²) in [6.07, 6.45) is 1.66. The fourth-order valence-corrected chi connectivity index (χ4v) is 2.45. The second-order valence-corrected chi connectivity index (χ2v) is 5.36. The average Bonchev–Trinajstić information content (AvgIpc) is 2.53. The molecular weight excluding hydrogens is 262 g/mol. The lowest BCUT2D eigenvalue weighted by Gasteiger charge is -2.18. The first-order valence-electron chi connectivity index (χ1n) is 7.76. The Labute approximate surface area is 126 Å². The summed E-state index contributed by atoms with van der Waals surface area (Å²) in [5.74, 6) is 0.828. The number of ether oxygens (including phenoxy) is 1. The first kappa shape index (κ1) is 15.8. The highest BCUT2D eigenvalue weighted by Crippen LogP contribution is 2.25. The summed E-state index contributed by atoms with van der Waals surface area (Å²) < 4.78 is 5.79. The molecule has 2 N–H and O–H groups in total. The Morgan fingerprint density at radius 2 is 1.76 bits per heavy atom. The van der Waals surface area contributed by atoms with Gasteiger partial charge in [-0.25, -0.2) is 0 Å². The zero-order valence-corrected chi connectivity index (χ0v) is 12.9. The molecule has 0 aliphatic rings. The highest BCUT2D eigenvalue weighted by molar-refractivity contribution is 5.88. The van der Waals surface area contributed by atoms with Crippen LogP contribution in [0, 0.1) is 0 Å². The zero-order valence-electron chi connectivity index (χ0n) is 12.9. The van der Waals surface area contributed by atoms with Crippen LogP contribution in [0.15, 0.2) is 42.5 Å². The van der Waals surface area contributed by atoms with E-state index in [9.17, 15) is 5.11 Å². The van der Waals surface area contributed by atoms with Crippen LogP contribution in [0.5, 0.6) is 5.75 Å². The predicted molar refractivity (Wildman–Crippen MR) is 87.8 cm³/mol. The Morgan fingerprint density at radius 1 is 1.05 bits per heavy atom. The molecule has 0 amide bonds. The maximum absolute atomic E-state index is 10.0. The van der Waals surface area contributed by atoms with E-state index in [1.807, 2.05) is 30.3 Å². The Balaban J connectivity index is 1.89. The monoisotopic (exact) mass is 287 g/mol. The van der Waals surface area contributed by atoms with Gasteiger partial charge in [0.2, 0.25) is 0 Å². The van der Waals surface area contributed by atoms with Crippen LogP contribution in [0.3, 0.4) is 0 Å². The van der Waals surface area contributed by atoms with Gasteiger partial charge in [-0.1, -0.05) is 50.2 Å². The van der Waals surface area contributed by atoms with Gasteiger partial charge in [-0.2, -0.15) is 0 Å². The van der Waals surface area contributed by atoms with Crippen molar-refractivity contribution in [3.63, 3.8) is 0 Å². The van der Waals surface area contributed by atoms with Crippen LogP contribution >= 0.6 is 0 Å². The molecule has 2 rings (SSSR count). The summed E-state index contributed by atoms with van der Waals surface area (Å²) in [6.45, 7) is 5.18. The Morgan fingerprint density at radius 3 is 2.52 bits per heavy atom. The number of fused-ring (bicyclic) bond motifs is 1. The van der Waals surface area contributed by atoms with Crippen molar-refractivity contribution in [2.45, 2.75) is 38.8 Å². The third-order valence-corrected chi connectivity index (χ3v) is 3.81. The average molecular weight is 287 g/mol. The summed E-state index contributed by atoms with van der Waals surface area (Å²) in [7, 11) is 0. The second-order valence-electron chi connectivity index (χ2n) is 5.36. The molecule has 0 bridgehead atoms. The summed E-state index contributed by atoms with van der Waals surface area (Å²) in [4.78, 5) is 0.